The SMILES string of the molecule is C=C1C2CCC3C4(C)CC(O[C@H]5O[C@H](COC(=O)c6ccc(-c7ccc(O)cc7)cc6)[C@@H](OSOOO)[C@@H](OSOOO)C5OC(=O)CC(C)C)CC(C(=O)O)C4CCC3(C2)[C@H]1O. The van der Waals surface area contributed by atoms with E-state index in [0.717, 1.165) is 36.0 Å². The van der Waals surface area contributed by atoms with E-state index in [1.165, 1.54) is 0 Å². The molecule has 5 N–H and O–H groups in total. The zero-order chi connectivity index (χ0) is 45.1. The lowest BCUT2D eigenvalue weighted by Gasteiger charge is -2.62. The summed E-state index contributed by atoms with van der Waals surface area (Å²) in [5.74, 6) is -3.25. The Morgan fingerprint density at radius 3 is 2.19 bits per heavy atom. The number of aliphatic hydroxyl groups excluding tert-OH is 1. The summed E-state index contributed by atoms with van der Waals surface area (Å²) in [7, 11) is 0. The Hall–Kier alpha value is -3.35. The van der Waals surface area contributed by atoms with Gasteiger partial charge < -0.3 is 34.3 Å². The number of phenols is 1. The van der Waals surface area contributed by atoms with Gasteiger partial charge in [0.15, 0.2) is 37.0 Å². The summed E-state index contributed by atoms with van der Waals surface area (Å²) in [4.78, 5) is 40.1. The number of carboxylic acids is 1. The van der Waals surface area contributed by atoms with E-state index in [-0.39, 0.29) is 72.5 Å². The second-order valence-corrected chi connectivity index (χ2v) is 18.8. The van der Waals surface area contributed by atoms with E-state index < -0.39 is 84.2 Å². The molecule has 63 heavy (non-hydrogen) atoms. The largest absolute Gasteiger partial charge is 0.508 e. The summed E-state index contributed by atoms with van der Waals surface area (Å²) in [6, 6.07) is 13.1. The zero-order valence-corrected chi connectivity index (χ0v) is 36.6. The molecule has 20 heteroatoms. The first-order valence-electron chi connectivity index (χ1n) is 21.0. The van der Waals surface area contributed by atoms with Crippen molar-refractivity contribution in [1.29, 1.82) is 0 Å². The van der Waals surface area contributed by atoms with Crippen molar-refractivity contribution in [3.05, 3.63) is 66.2 Å². The number of aromatic hydroxyl groups is 1. The fourth-order valence-electron chi connectivity index (χ4n) is 11.4. The van der Waals surface area contributed by atoms with Gasteiger partial charge in [0.1, 0.15) is 30.7 Å². The summed E-state index contributed by atoms with van der Waals surface area (Å²) in [5.41, 5.74) is 1.59. The van der Waals surface area contributed by atoms with Gasteiger partial charge in [-0.3, -0.25) is 18.0 Å². The van der Waals surface area contributed by atoms with E-state index in [9.17, 15) is 29.7 Å². The van der Waals surface area contributed by atoms with Crippen LogP contribution in [-0.4, -0.2) is 93.3 Å². The third kappa shape index (κ3) is 10.1. The lowest BCUT2D eigenvalue weighted by atomic mass is 9.43. The number of hydrogen-bond donors (Lipinski definition) is 5. The molecule has 2 aromatic carbocycles. The fourth-order valence-corrected chi connectivity index (χ4v) is 12.1. The van der Waals surface area contributed by atoms with Gasteiger partial charge in [-0.2, -0.15) is 0 Å². The second kappa shape index (κ2) is 20.4. The lowest BCUT2D eigenvalue weighted by Crippen LogP contribution is -2.63. The highest BCUT2D eigenvalue weighted by Crippen LogP contribution is 2.70. The molecule has 5 aliphatic rings. The minimum absolute atomic E-state index is 0.0246. The Bertz CT molecular complexity index is 1920. The van der Waals surface area contributed by atoms with Gasteiger partial charge in [0, 0.05) is 11.8 Å². The molecule has 0 radical (unpaired) electrons. The topological polar surface area (TPSA) is 245 Å². The minimum atomic E-state index is -1.50. The number of aliphatic carboxylic acids is 1. The Morgan fingerprint density at radius 2 is 1.56 bits per heavy atom. The molecule has 4 saturated carbocycles. The van der Waals surface area contributed by atoms with Crippen LogP contribution in [0.25, 0.3) is 11.1 Å². The number of ether oxygens (including phenoxy) is 4. The predicted molar refractivity (Wildman–Crippen MR) is 221 cm³/mol. The molecule has 13 atom stereocenters. The van der Waals surface area contributed by atoms with Crippen LogP contribution in [0.2, 0.25) is 0 Å². The van der Waals surface area contributed by atoms with E-state index in [1.54, 1.807) is 48.5 Å². The first kappa shape index (κ1) is 47.6. The van der Waals surface area contributed by atoms with Crippen molar-refractivity contribution >= 4 is 42.6 Å². The summed E-state index contributed by atoms with van der Waals surface area (Å²) in [6.45, 7) is 9.47. The third-order valence-corrected chi connectivity index (χ3v) is 14.8. The molecule has 1 heterocycles. The molecule has 2 aromatic rings. The molecule has 1 spiro atoms. The quantitative estimate of drug-likeness (QED) is 0.0188. The number of esters is 2. The molecule has 18 nitrogen and oxygen atoms in total. The van der Waals surface area contributed by atoms with Crippen LogP contribution >= 0.6 is 24.6 Å². The molecule has 7 rings (SSSR count). The van der Waals surface area contributed by atoms with Crippen molar-refractivity contribution in [1.82, 2.24) is 0 Å². The molecular weight excluding hydrogens is 869 g/mol. The number of carbonyl (C=O) groups excluding carboxylic acids is 2. The van der Waals surface area contributed by atoms with E-state index in [2.05, 4.69) is 32.2 Å². The lowest BCUT2D eigenvalue weighted by molar-refractivity contribution is -0.436. The Morgan fingerprint density at radius 1 is 0.905 bits per heavy atom. The molecule has 1 aliphatic heterocycles. The average Bonchev–Trinajstić information content (AvgIpc) is 3.42. The fraction of sp³-hybridized carbons (Fsp3) is 0.605. The molecule has 0 amide bonds. The number of aliphatic hydroxyl groups is 1. The summed E-state index contributed by atoms with van der Waals surface area (Å²) >= 11 is 0.286. The van der Waals surface area contributed by atoms with Crippen molar-refractivity contribution in [3.8, 4) is 16.9 Å². The van der Waals surface area contributed by atoms with Crippen LogP contribution in [0, 0.1) is 40.4 Å². The number of benzene rings is 2. The van der Waals surface area contributed by atoms with Gasteiger partial charge >= 0.3 is 17.9 Å². The van der Waals surface area contributed by atoms with Gasteiger partial charge in [0.2, 0.25) is 0 Å². The average molecular weight is 923 g/mol. The highest BCUT2D eigenvalue weighted by Gasteiger charge is 2.67. The monoisotopic (exact) mass is 922 g/mol. The number of carboxylic acid groups (broad SMARTS) is 1. The molecule has 0 aromatic heterocycles. The maximum atomic E-state index is 13.5. The van der Waals surface area contributed by atoms with Crippen LogP contribution in [0.4, 0.5) is 0 Å². The smallest absolute Gasteiger partial charge is 0.338 e. The number of rotatable bonds is 18. The molecule has 8 unspecified atom stereocenters. The van der Waals surface area contributed by atoms with Crippen LogP contribution in [0.15, 0.2) is 60.7 Å². The van der Waals surface area contributed by atoms with Gasteiger partial charge in [-0.15, -0.1) is 8.67 Å². The molecule has 5 fully saturated rings. The summed E-state index contributed by atoms with van der Waals surface area (Å²) in [6.07, 6.45) is -4.39. The highest BCUT2D eigenvalue weighted by molar-refractivity contribution is 7.90. The van der Waals surface area contributed by atoms with Crippen LogP contribution in [0.5, 0.6) is 5.75 Å². The standard InChI is InChI=1S/C43H54O18S2/c1-22(2)17-34(45)55-37-36(57-63-61-59-51)35(56-62-60-58-50)32(21-52-40(49)26-7-5-24(6-8-26)25-9-12-28(44)13-10-25)54-41(37)53-29-18-30(39(47)48)31-15-16-43-19-27(23(3)38(43)46)11-14-33(43)42(31,4)20-29/h5-10,12-13,22,27,29-33,35-38,41,44,46,50-51H,3,11,14-21H2,1-2,4H3,(H,47,48)/t27?,29?,30?,31?,32-,33?,35-,36-,37?,38+,41+,42?,43?/m1/s1. The van der Waals surface area contributed by atoms with Crippen molar-refractivity contribution in [2.24, 2.45) is 40.4 Å². The van der Waals surface area contributed by atoms with Gasteiger partial charge in [0.05, 0.1) is 23.7 Å². The molecule has 1 saturated heterocycles. The summed E-state index contributed by atoms with van der Waals surface area (Å²) < 4.78 is 45.7. The molecule has 2 bridgehead atoms. The minimum Gasteiger partial charge on any atom is -0.508 e. The van der Waals surface area contributed by atoms with E-state index in [4.69, 9.17) is 37.8 Å². The molecule has 4 aliphatic carbocycles. The van der Waals surface area contributed by atoms with Crippen molar-refractivity contribution in [3.63, 3.8) is 0 Å². The van der Waals surface area contributed by atoms with Crippen LogP contribution in [0.1, 0.15) is 82.5 Å². The van der Waals surface area contributed by atoms with Crippen molar-refractivity contribution in [2.75, 3.05) is 6.61 Å². The van der Waals surface area contributed by atoms with E-state index >= 15 is 0 Å². The van der Waals surface area contributed by atoms with Gasteiger partial charge in [0.25, 0.3) is 0 Å². The third-order valence-electron chi connectivity index (χ3n) is 14.0. The van der Waals surface area contributed by atoms with Crippen LogP contribution in [-0.2, 0) is 55.6 Å². The summed E-state index contributed by atoms with van der Waals surface area (Å²) in [5, 5.41) is 57.4. The molecule has 346 valence electrons. The highest BCUT2D eigenvalue weighted by atomic mass is 32.2. The van der Waals surface area contributed by atoms with Crippen LogP contribution in [0.3, 0.4) is 0 Å². The Kier molecular flexibility index (Phi) is 15.4. The van der Waals surface area contributed by atoms with Gasteiger partial charge in [-0.1, -0.05) is 61.7 Å². The first-order valence-corrected chi connectivity index (χ1v) is 22.3. The Balaban J connectivity index is 1.19. The van der Waals surface area contributed by atoms with E-state index in [0.29, 0.717) is 19.3 Å². The van der Waals surface area contributed by atoms with Gasteiger partial charge in [-0.05, 0) is 115 Å². The Labute approximate surface area is 372 Å². The number of phenolic OH excluding ortho intramolecular Hbond substituents is 1. The first-order chi connectivity index (χ1) is 30.2. The predicted octanol–water partition coefficient (Wildman–Crippen LogP) is 7.27. The van der Waals surface area contributed by atoms with Crippen LogP contribution < -0.4 is 0 Å². The van der Waals surface area contributed by atoms with Crippen molar-refractivity contribution in [2.45, 2.75) is 115 Å². The maximum absolute atomic E-state index is 13.5. The number of hydrogen-bond acceptors (Lipinski definition) is 19. The number of fused-ring (bicyclic) bond motifs is 3. The number of carbonyl (C=O) groups is 3. The van der Waals surface area contributed by atoms with E-state index in [1.807, 2.05) is 13.8 Å². The second-order valence-electron chi connectivity index (χ2n) is 17.9. The maximum Gasteiger partial charge on any atom is 0.338 e. The molecular formula is C43H54O18S2. The van der Waals surface area contributed by atoms with Crippen molar-refractivity contribution < 1.29 is 86.3 Å². The van der Waals surface area contributed by atoms with Gasteiger partial charge in [-0.25, -0.2) is 15.3 Å². The zero-order valence-electron chi connectivity index (χ0n) is 35.0. The normalized spacial score (nSPS) is 34.8.